The van der Waals surface area contributed by atoms with Crippen molar-refractivity contribution in [3.8, 4) is 0 Å². The molecule has 0 amide bonds. The Bertz CT molecular complexity index is 1310. The maximum Gasteiger partial charge on any atom is 0.197 e. The van der Waals surface area contributed by atoms with E-state index < -0.39 is 86.5 Å². The Labute approximate surface area is 312 Å². The lowest BCUT2D eigenvalue weighted by Gasteiger charge is -2.61. The molecule has 304 valence electrons. The molecule has 53 heavy (non-hydrogen) atoms. The lowest BCUT2D eigenvalue weighted by molar-refractivity contribution is -0.373. The Balaban J connectivity index is 0.945. The Kier molecular flexibility index (Phi) is 10.6. The number of aliphatic hydroxyl groups excluding tert-OH is 8. The fourth-order valence-corrected chi connectivity index (χ4v) is 13.3. The van der Waals surface area contributed by atoms with Crippen LogP contribution < -0.4 is 0 Å². The summed E-state index contributed by atoms with van der Waals surface area (Å²) in [5.74, 6) is 2.05. The minimum atomic E-state index is -1.72. The maximum absolute atomic E-state index is 11.2. The Hall–Kier alpha value is -0.560. The highest BCUT2D eigenvalue weighted by Crippen LogP contribution is 2.71. The van der Waals surface area contributed by atoms with E-state index in [1.807, 2.05) is 0 Å². The van der Waals surface area contributed by atoms with Crippen LogP contribution in [-0.2, 0) is 28.4 Å². The Morgan fingerprint density at radius 3 is 2.06 bits per heavy atom. The number of aliphatic hydroxyl groups is 8. The minimum absolute atomic E-state index is 0.0988. The summed E-state index contributed by atoms with van der Waals surface area (Å²) in [6.45, 7) is 8.73. The highest BCUT2D eigenvalue weighted by molar-refractivity contribution is 5.16. The molecule has 4 aliphatic heterocycles. The molecule has 0 bridgehead atoms. The summed E-state index contributed by atoms with van der Waals surface area (Å²) in [7, 11) is 0. The van der Waals surface area contributed by atoms with Gasteiger partial charge >= 0.3 is 0 Å². The predicted molar refractivity (Wildman–Crippen MR) is 184 cm³/mol. The third-order valence-corrected chi connectivity index (χ3v) is 16.2. The van der Waals surface area contributed by atoms with Gasteiger partial charge in [0, 0.05) is 5.92 Å². The molecule has 8 aliphatic rings. The average molecular weight is 757 g/mol. The van der Waals surface area contributed by atoms with Gasteiger partial charge in [0.25, 0.3) is 0 Å². The number of ether oxygens (including phenoxy) is 6. The molecule has 4 aliphatic carbocycles. The van der Waals surface area contributed by atoms with E-state index >= 15 is 0 Å². The van der Waals surface area contributed by atoms with Gasteiger partial charge in [0.1, 0.15) is 54.9 Å². The van der Waals surface area contributed by atoms with Gasteiger partial charge in [-0.25, -0.2) is 0 Å². The monoisotopic (exact) mass is 756 g/mol. The highest BCUT2D eigenvalue weighted by Gasteiger charge is 2.71. The van der Waals surface area contributed by atoms with Crippen molar-refractivity contribution >= 4 is 0 Å². The molecule has 1 spiro atoms. The maximum atomic E-state index is 11.2. The van der Waals surface area contributed by atoms with Gasteiger partial charge in [-0.2, -0.15) is 0 Å². The van der Waals surface area contributed by atoms with Crippen molar-refractivity contribution in [3.63, 3.8) is 0 Å². The van der Waals surface area contributed by atoms with E-state index in [1.54, 1.807) is 0 Å². The molecule has 4 heterocycles. The zero-order valence-corrected chi connectivity index (χ0v) is 31.6. The summed E-state index contributed by atoms with van der Waals surface area (Å²) in [6.07, 6.45) is -6.75. The molecule has 4 saturated carbocycles. The summed E-state index contributed by atoms with van der Waals surface area (Å²) in [4.78, 5) is 0. The number of hydrogen-bond acceptors (Lipinski definition) is 14. The number of fused-ring (bicyclic) bond motifs is 7. The van der Waals surface area contributed by atoms with Crippen LogP contribution in [0.5, 0.6) is 0 Å². The van der Waals surface area contributed by atoms with Gasteiger partial charge < -0.3 is 69.3 Å². The second-order valence-corrected chi connectivity index (χ2v) is 18.8. The van der Waals surface area contributed by atoms with Gasteiger partial charge in [-0.15, -0.1) is 0 Å². The molecular weight excluding hydrogens is 692 g/mol. The first-order chi connectivity index (χ1) is 25.2. The fraction of sp³-hybridized carbons (Fsp3) is 1.00. The SMILES string of the molecule is CC1COC2(OC3CC4C5CCC6CC(OC7OC(CO)C(O)C(O)C7OC7OC(CO)C(O)C(O)C7O)CCC6(C)C5CCC4(C)C3C2C)C(O)C1. The minimum Gasteiger partial charge on any atom is -0.394 e. The fourth-order valence-electron chi connectivity index (χ4n) is 13.3. The lowest BCUT2D eigenvalue weighted by Crippen LogP contribution is -2.65. The van der Waals surface area contributed by atoms with E-state index in [4.69, 9.17) is 28.4 Å². The quantitative estimate of drug-likeness (QED) is 0.173. The Morgan fingerprint density at radius 2 is 1.36 bits per heavy atom. The van der Waals surface area contributed by atoms with Gasteiger partial charge in [0.2, 0.25) is 0 Å². The van der Waals surface area contributed by atoms with Crippen LogP contribution in [0, 0.1) is 52.3 Å². The predicted octanol–water partition coefficient (Wildman–Crippen LogP) is 0.413. The first-order valence-corrected chi connectivity index (χ1v) is 20.4. The van der Waals surface area contributed by atoms with Crippen LogP contribution in [-0.4, -0.2) is 146 Å². The van der Waals surface area contributed by atoms with E-state index in [1.165, 1.54) is 0 Å². The molecule has 0 aromatic heterocycles. The molecule has 0 aromatic rings. The van der Waals surface area contributed by atoms with Gasteiger partial charge in [0.15, 0.2) is 18.4 Å². The van der Waals surface area contributed by atoms with Crippen LogP contribution in [0.25, 0.3) is 0 Å². The zero-order valence-electron chi connectivity index (χ0n) is 31.6. The van der Waals surface area contributed by atoms with Crippen LogP contribution in [0.3, 0.4) is 0 Å². The van der Waals surface area contributed by atoms with Gasteiger partial charge in [0.05, 0.1) is 32.0 Å². The van der Waals surface area contributed by atoms with Crippen LogP contribution >= 0.6 is 0 Å². The molecule has 8 rings (SSSR count). The first-order valence-electron chi connectivity index (χ1n) is 20.4. The second kappa shape index (κ2) is 14.4. The molecule has 0 radical (unpaired) electrons. The van der Waals surface area contributed by atoms with Crippen LogP contribution in [0.15, 0.2) is 0 Å². The van der Waals surface area contributed by atoms with Crippen molar-refractivity contribution in [2.45, 2.75) is 171 Å². The summed E-state index contributed by atoms with van der Waals surface area (Å²) in [6, 6.07) is 0. The van der Waals surface area contributed by atoms with E-state index in [0.717, 1.165) is 51.4 Å². The van der Waals surface area contributed by atoms with Crippen molar-refractivity contribution in [1.82, 2.24) is 0 Å². The van der Waals surface area contributed by atoms with Crippen LogP contribution in [0.1, 0.15) is 85.5 Å². The largest absolute Gasteiger partial charge is 0.394 e. The summed E-state index contributed by atoms with van der Waals surface area (Å²) >= 11 is 0. The van der Waals surface area contributed by atoms with Crippen molar-refractivity contribution in [2.24, 2.45) is 52.3 Å². The van der Waals surface area contributed by atoms with Gasteiger partial charge in [-0.3, -0.25) is 0 Å². The van der Waals surface area contributed by atoms with Crippen molar-refractivity contribution in [1.29, 1.82) is 0 Å². The molecule has 23 atom stereocenters. The topological polar surface area (TPSA) is 217 Å². The van der Waals surface area contributed by atoms with Crippen molar-refractivity contribution < 1.29 is 69.3 Å². The third-order valence-electron chi connectivity index (χ3n) is 16.2. The lowest BCUT2D eigenvalue weighted by atomic mass is 9.44. The van der Waals surface area contributed by atoms with Crippen LogP contribution in [0.4, 0.5) is 0 Å². The molecule has 8 N–H and O–H groups in total. The van der Waals surface area contributed by atoms with E-state index in [9.17, 15) is 40.9 Å². The van der Waals surface area contributed by atoms with Crippen LogP contribution in [0.2, 0.25) is 0 Å². The second-order valence-electron chi connectivity index (χ2n) is 18.8. The Morgan fingerprint density at radius 1 is 0.679 bits per heavy atom. The molecule has 14 heteroatoms. The average Bonchev–Trinajstić information content (AvgIpc) is 3.59. The molecule has 8 fully saturated rings. The first kappa shape index (κ1) is 39.3. The smallest absolute Gasteiger partial charge is 0.197 e. The molecule has 14 nitrogen and oxygen atoms in total. The van der Waals surface area contributed by atoms with E-state index in [2.05, 4.69) is 27.7 Å². The van der Waals surface area contributed by atoms with Crippen molar-refractivity contribution in [2.75, 3.05) is 19.8 Å². The van der Waals surface area contributed by atoms with Gasteiger partial charge in [-0.05, 0) is 104 Å². The standard InChI is InChI=1S/C39H64O14/c1-17-11-27(42)39(48-16-17)18(2)28-24(53-39)13-23-21-6-5-19-12-20(7-9-37(19,3)22(21)8-10-38(23,28)4)49-36-34(32(46)30(44)26(15-41)51-36)52-35-33(47)31(45)29(43)25(14-40)50-35/h17-36,40-47H,5-16H2,1-4H3. The molecule has 0 aromatic carbocycles. The number of rotatable bonds is 6. The normalized spacial score (nSPS) is 59.5. The number of hydrogen-bond donors (Lipinski definition) is 8. The molecule has 4 saturated heterocycles. The summed E-state index contributed by atoms with van der Waals surface area (Å²) < 4.78 is 37.2. The van der Waals surface area contributed by atoms with E-state index in [-0.39, 0.29) is 29.0 Å². The van der Waals surface area contributed by atoms with Gasteiger partial charge in [-0.1, -0.05) is 27.7 Å². The molecular formula is C39H64O14. The summed E-state index contributed by atoms with van der Waals surface area (Å²) in [5.41, 5.74) is 0.255. The van der Waals surface area contributed by atoms with E-state index in [0.29, 0.717) is 48.5 Å². The van der Waals surface area contributed by atoms with Crippen molar-refractivity contribution in [3.05, 3.63) is 0 Å². The zero-order chi connectivity index (χ0) is 37.8. The third kappa shape index (κ3) is 6.11. The molecule has 23 unspecified atom stereocenters. The highest BCUT2D eigenvalue weighted by atomic mass is 16.8. The summed E-state index contributed by atoms with van der Waals surface area (Å²) in [5, 5.41) is 83.9.